The molecule has 2 rings (SSSR count). The number of carbonyl (C=O) groups is 1. The summed E-state index contributed by atoms with van der Waals surface area (Å²) in [5.74, 6) is -0.316. The number of rotatable bonds is 4. The first kappa shape index (κ1) is 12.6. The molecule has 0 saturated carbocycles. The lowest BCUT2D eigenvalue weighted by molar-refractivity contribution is -0.384. The van der Waals surface area contributed by atoms with Crippen molar-refractivity contribution in [3.05, 3.63) is 28.1 Å². The van der Waals surface area contributed by atoms with Gasteiger partial charge in [0.25, 0.3) is 11.6 Å². The zero-order chi connectivity index (χ0) is 13.3. The van der Waals surface area contributed by atoms with Crippen LogP contribution in [0.4, 0.5) is 5.69 Å². The second-order valence-electron chi connectivity index (χ2n) is 4.66. The van der Waals surface area contributed by atoms with Gasteiger partial charge < -0.3 is 15.0 Å². The normalized spacial score (nSPS) is 17.3. The van der Waals surface area contributed by atoms with Gasteiger partial charge in [-0.25, -0.2) is 0 Å². The Labute approximate surface area is 104 Å². The van der Waals surface area contributed by atoms with Crippen LogP contribution in [0, 0.1) is 10.1 Å². The van der Waals surface area contributed by atoms with E-state index in [0.717, 1.165) is 6.42 Å². The van der Waals surface area contributed by atoms with E-state index in [0.29, 0.717) is 6.42 Å². The van der Waals surface area contributed by atoms with E-state index >= 15 is 0 Å². The molecule has 0 aromatic carbocycles. The SMILES string of the molecule is CCCC1(O)CN(C(=O)c2cc([N+](=O)[O-])c[nH]2)C1. The van der Waals surface area contributed by atoms with Crippen LogP contribution in [0.25, 0.3) is 0 Å². The third-order valence-corrected chi connectivity index (χ3v) is 3.08. The van der Waals surface area contributed by atoms with E-state index in [1.165, 1.54) is 17.2 Å². The van der Waals surface area contributed by atoms with E-state index in [2.05, 4.69) is 4.98 Å². The van der Waals surface area contributed by atoms with Crippen molar-refractivity contribution in [3.8, 4) is 0 Å². The zero-order valence-electron chi connectivity index (χ0n) is 10.0. The highest BCUT2D eigenvalue weighted by atomic mass is 16.6. The topological polar surface area (TPSA) is 99.5 Å². The van der Waals surface area contributed by atoms with Gasteiger partial charge in [0.05, 0.1) is 29.8 Å². The molecule has 0 aliphatic carbocycles. The van der Waals surface area contributed by atoms with Crippen molar-refractivity contribution in [1.29, 1.82) is 0 Å². The molecule has 18 heavy (non-hydrogen) atoms. The zero-order valence-corrected chi connectivity index (χ0v) is 10.0. The molecule has 1 aromatic heterocycles. The van der Waals surface area contributed by atoms with Gasteiger partial charge in [0.1, 0.15) is 5.69 Å². The number of carbonyl (C=O) groups excluding carboxylic acids is 1. The number of aromatic nitrogens is 1. The Morgan fingerprint density at radius 2 is 2.33 bits per heavy atom. The number of nitrogens with one attached hydrogen (secondary N) is 1. The standard InChI is InChI=1S/C11H15N3O4/c1-2-3-11(16)6-13(7-11)10(15)9-4-8(5-12-9)14(17)18/h4-5,12,16H,2-3,6-7H2,1H3. The smallest absolute Gasteiger partial charge is 0.287 e. The lowest BCUT2D eigenvalue weighted by atomic mass is 9.89. The van der Waals surface area contributed by atoms with Crippen LogP contribution in [0.2, 0.25) is 0 Å². The Hall–Kier alpha value is -1.89. The first-order chi connectivity index (χ1) is 8.45. The average Bonchev–Trinajstić information content (AvgIpc) is 2.74. The molecular formula is C11H15N3O4. The molecule has 1 saturated heterocycles. The minimum absolute atomic E-state index is 0.136. The maximum absolute atomic E-state index is 11.9. The predicted octanol–water partition coefficient (Wildman–Crippen LogP) is 0.910. The fraction of sp³-hybridized carbons (Fsp3) is 0.545. The number of hydrogen-bond donors (Lipinski definition) is 2. The molecule has 2 heterocycles. The number of aliphatic hydroxyl groups is 1. The molecular weight excluding hydrogens is 238 g/mol. The van der Waals surface area contributed by atoms with Crippen molar-refractivity contribution in [2.45, 2.75) is 25.4 Å². The lowest BCUT2D eigenvalue weighted by Gasteiger charge is -2.46. The molecule has 1 aromatic rings. The Morgan fingerprint density at radius 3 is 2.83 bits per heavy atom. The molecule has 7 nitrogen and oxygen atoms in total. The molecule has 1 aliphatic heterocycles. The molecule has 2 N–H and O–H groups in total. The van der Waals surface area contributed by atoms with E-state index in [1.807, 2.05) is 6.92 Å². The van der Waals surface area contributed by atoms with E-state index in [9.17, 15) is 20.0 Å². The summed E-state index contributed by atoms with van der Waals surface area (Å²) in [5.41, 5.74) is -0.744. The number of nitro groups is 1. The van der Waals surface area contributed by atoms with Gasteiger partial charge in [-0.15, -0.1) is 0 Å². The molecule has 1 fully saturated rings. The van der Waals surface area contributed by atoms with E-state index < -0.39 is 10.5 Å². The van der Waals surface area contributed by atoms with Crippen molar-refractivity contribution in [3.63, 3.8) is 0 Å². The van der Waals surface area contributed by atoms with Gasteiger partial charge in [0.15, 0.2) is 0 Å². The summed E-state index contributed by atoms with van der Waals surface area (Å²) in [6.45, 7) is 2.54. The first-order valence-corrected chi connectivity index (χ1v) is 5.80. The number of amides is 1. The van der Waals surface area contributed by atoms with Gasteiger partial charge in [-0.05, 0) is 6.42 Å². The van der Waals surface area contributed by atoms with Crippen LogP contribution in [0.15, 0.2) is 12.3 Å². The number of aromatic amines is 1. The fourth-order valence-electron chi connectivity index (χ4n) is 2.21. The quantitative estimate of drug-likeness (QED) is 0.615. The van der Waals surface area contributed by atoms with Gasteiger partial charge in [-0.2, -0.15) is 0 Å². The van der Waals surface area contributed by atoms with Crippen LogP contribution in [0.5, 0.6) is 0 Å². The van der Waals surface area contributed by atoms with Crippen LogP contribution in [0.1, 0.15) is 30.3 Å². The summed E-state index contributed by atoms with van der Waals surface area (Å²) in [7, 11) is 0. The molecule has 7 heteroatoms. The first-order valence-electron chi connectivity index (χ1n) is 5.80. The molecule has 0 bridgehead atoms. The van der Waals surface area contributed by atoms with E-state index in [-0.39, 0.29) is 30.4 Å². The van der Waals surface area contributed by atoms with Crippen LogP contribution < -0.4 is 0 Å². The van der Waals surface area contributed by atoms with Crippen LogP contribution in [-0.4, -0.2) is 44.5 Å². The molecule has 0 spiro atoms. The van der Waals surface area contributed by atoms with Crippen molar-refractivity contribution in [2.24, 2.45) is 0 Å². The lowest BCUT2D eigenvalue weighted by Crippen LogP contribution is -2.63. The van der Waals surface area contributed by atoms with Crippen molar-refractivity contribution >= 4 is 11.6 Å². The largest absolute Gasteiger partial charge is 0.386 e. The molecule has 1 aliphatic rings. The minimum Gasteiger partial charge on any atom is -0.386 e. The van der Waals surface area contributed by atoms with Gasteiger partial charge in [-0.3, -0.25) is 14.9 Å². The summed E-state index contributed by atoms with van der Waals surface area (Å²) < 4.78 is 0. The fourth-order valence-corrected chi connectivity index (χ4v) is 2.21. The molecule has 0 unspecified atom stereocenters. The van der Waals surface area contributed by atoms with Gasteiger partial charge in [0, 0.05) is 6.07 Å². The number of nitrogens with zero attached hydrogens (tertiary/aromatic N) is 2. The second kappa shape index (κ2) is 4.41. The molecule has 0 radical (unpaired) electrons. The third kappa shape index (κ3) is 2.21. The highest BCUT2D eigenvalue weighted by Crippen LogP contribution is 2.27. The molecule has 0 atom stereocenters. The second-order valence-corrected chi connectivity index (χ2v) is 4.66. The molecule has 98 valence electrons. The maximum Gasteiger partial charge on any atom is 0.287 e. The average molecular weight is 253 g/mol. The van der Waals surface area contributed by atoms with Gasteiger partial charge in [-0.1, -0.05) is 13.3 Å². The minimum atomic E-state index is -0.789. The van der Waals surface area contributed by atoms with Crippen molar-refractivity contribution in [1.82, 2.24) is 9.88 Å². The Bertz CT molecular complexity index is 476. The van der Waals surface area contributed by atoms with Gasteiger partial charge >= 0.3 is 0 Å². The van der Waals surface area contributed by atoms with Crippen molar-refractivity contribution < 1.29 is 14.8 Å². The molecule has 1 amide bonds. The summed E-state index contributed by atoms with van der Waals surface area (Å²) >= 11 is 0. The van der Waals surface area contributed by atoms with Crippen LogP contribution in [0.3, 0.4) is 0 Å². The highest BCUT2D eigenvalue weighted by molar-refractivity contribution is 5.93. The maximum atomic E-state index is 11.9. The predicted molar refractivity (Wildman–Crippen MR) is 63.2 cm³/mol. The number of H-pyrrole nitrogens is 1. The highest BCUT2D eigenvalue weighted by Gasteiger charge is 2.43. The Morgan fingerprint density at radius 1 is 1.67 bits per heavy atom. The number of β-amino-alcohol motifs (C(OH)–C–C–N with tert-alkyl or cyclic N) is 1. The Kier molecular flexibility index (Phi) is 3.08. The summed E-state index contributed by atoms with van der Waals surface area (Å²) in [6, 6.07) is 1.21. The third-order valence-electron chi connectivity index (χ3n) is 3.08. The monoisotopic (exact) mass is 253 g/mol. The van der Waals surface area contributed by atoms with Gasteiger partial charge in [0.2, 0.25) is 0 Å². The van der Waals surface area contributed by atoms with E-state index in [1.54, 1.807) is 0 Å². The van der Waals surface area contributed by atoms with Crippen molar-refractivity contribution in [2.75, 3.05) is 13.1 Å². The summed E-state index contributed by atoms with van der Waals surface area (Å²) in [4.78, 5) is 25.9. The Balaban J connectivity index is 1.99. The van der Waals surface area contributed by atoms with Crippen LogP contribution in [-0.2, 0) is 0 Å². The van der Waals surface area contributed by atoms with E-state index in [4.69, 9.17) is 0 Å². The number of hydrogen-bond acceptors (Lipinski definition) is 4. The van der Waals surface area contributed by atoms with Crippen LogP contribution >= 0.6 is 0 Å². The summed E-state index contributed by atoms with van der Waals surface area (Å²) in [5, 5.41) is 20.5. The number of likely N-dealkylation sites (tertiary alicyclic amines) is 1. The summed E-state index contributed by atoms with van der Waals surface area (Å²) in [6.07, 6.45) is 2.69.